The van der Waals surface area contributed by atoms with Crippen molar-refractivity contribution in [1.29, 1.82) is 0 Å². The average Bonchev–Trinajstić information content (AvgIpc) is 2.43. The molecule has 0 bridgehead atoms. The van der Waals surface area contributed by atoms with Gasteiger partial charge in [-0.1, -0.05) is 13.8 Å². The fourth-order valence-corrected chi connectivity index (χ4v) is 2.46. The van der Waals surface area contributed by atoms with E-state index in [-0.39, 0.29) is 11.9 Å². The maximum atomic E-state index is 13.4. The smallest absolute Gasteiger partial charge is 0.218 e. The Hall–Kier alpha value is -1.20. The second kappa shape index (κ2) is 7.71. The Kier molecular flexibility index (Phi) is 5.94. The number of aromatic nitrogens is 1. The van der Waals surface area contributed by atoms with Crippen molar-refractivity contribution in [2.24, 2.45) is 5.92 Å². The highest BCUT2D eigenvalue weighted by Gasteiger charge is 2.20. The number of hydrogen-bond acceptors (Lipinski definition) is 4. The van der Waals surface area contributed by atoms with Crippen LogP contribution in [0.1, 0.15) is 32.3 Å². The van der Waals surface area contributed by atoms with Gasteiger partial charge >= 0.3 is 0 Å². The van der Waals surface area contributed by atoms with Gasteiger partial charge in [-0.15, -0.1) is 0 Å². The van der Waals surface area contributed by atoms with Gasteiger partial charge in [0.2, 0.25) is 5.88 Å². The predicted octanol–water partition coefficient (Wildman–Crippen LogP) is 2.44. The predicted molar refractivity (Wildman–Crippen MR) is 81.9 cm³/mol. The summed E-state index contributed by atoms with van der Waals surface area (Å²) < 4.78 is 19.4. The molecule has 1 aromatic rings. The SMILES string of the molecule is CC(C)CNCc1cc(F)cnc1OC1CCN(C)CC1. The lowest BCUT2D eigenvalue weighted by molar-refractivity contribution is 0.108. The first kappa shape index (κ1) is 16.2. The lowest BCUT2D eigenvalue weighted by atomic mass is 10.1. The van der Waals surface area contributed by atoms with Gasteiger partial charge in [0.05, 0.1) is 6.20 Å². The van der Waals surface area contributed by atoms with Crippen molar-refractivity contribution in [2.45, 2.75) is 39.3 Å². The Morgan fingerprint density at radius 2 is 2.14 bits per heavy atom. The van der Waals surface area contributed by atoms with Gasteiger partial charge in [0.15, 0.2) is 0 Å². The molecule has 0 saturated carbocycles. The van der Waals surface area contributed by atoms with E-state index < -0.39 is 0 Å². The molecule has 2 rings (SSSR count). The molecule has 2 heterocycles. The van der Waals surface area contributed by atoms with E-state index in [0.29, 0.717) is 18.3 Å². The van der Waals surface area contributed by atoms with Crippen molar-refractivity contribution in [2.75, 3.05) is 26.7 Å². The van der Waals surface area contributed by atoms with Crippen LogP contribution in [0, 0.1) is 11.7 Å². The number of rotatable bonds is 6. The lowest BCUT2D eigenvalue weighted by Gasteiger charge is -2.29. The van der Waals surface area contributed by atoms with Crippen LogP contribution in [0.4, 0.5) is 4.39 Å². The molecule has 1 aromatic heterocycles. The molecule has 118 valence electrons. The minimum Gasteiger partial charge on any atom is -0.474 e. The van der Waals surface area contributed by atoms with Crippen LogP contribution in [-0.4, -0.2) is 42.7 Å². The molecule has 0 aliphatic carbocycles. The molecule has 1 saturated heterocycles. The zero-order valence-corrected chi connectivity index (χ0v) is 13.2. The van der Waals surface area contributed by atoms with E-state index >= 15 is 0 Å². The number of likely N-dealkylation sites (tertiary alicyclic amines) is 1. The third-order valence-electron chi connectivity index (χ3n) is 3.70. The van der Waals surface area contributed by atoms with E-state index in [0.717, 1.165) is 38.0 Å². The topological polar surface area (TPSA) is 37.4 Å². The van der Waals surface area contributed by atoms with Crippen LogP contribution < -0.4 is 10.1 Å². The first-order valence-electron chi connectivity index (χ1n) is 7.75. The van der Waals surface area contributed by atoms with Gasteiger partial charge in [-0.3, -0.25) is 0 Å². The van der Waals surface area contributed by atoms with Crippen LogP contribution in [0.2, 0.25) is 0 Å². The maximum Gasteiger partial charge on any atom is 0.218 e. The summed E-state index contributed by atoms with van der Waals surface area (Å²) >= 11 is 0. The Balaban J connectivity index is 1.97. The molecule has 1 N–H and O–H groups in total. The molecule has 1 aliphatic heterocycles. The molecule has 0 atom stereocenters. The van der Waals surface area contributed by atoms with Gasteiger partial charge < -0.3 is 15.0 Å². The summed E-state index contributed by atoms with van der Waals surface area (Å²) in [6.45, 7) is 7.84. The summed E-state index contributed by atoms with van der Waals surface area (Å²) in [6, 6.07) is 1.52. The summed E-state index contributed by atoms with van der Waals surface area (Å²) in [5.74, 6) is 0.819. The molecule has 1 aliphatic rings. The van der Waals surface area contributed by atoms with Gasteiger partial charge in [0, 0.05) is 25.2 Å². The van der Waals surface area contributed by atoms with Crippen LogP contribution in [0.5, 0.6) is 5.88 Å². The maximum absolute atomic E-state index is 13.4. The molecule has 0 radical (unpaired) electrons. The van der Waals surface area contributed by atoms with Gasteiger partial charge in [-0.2, -0.15) is 0 Å². The Labute approximate surface area is 126 Å². The molecule has 4 nitrogen and oxygen atoms in total. The molecule has 1 fully saturated rings. The fourth-order valence-electron chi connectivity index (χ4n) is 2.46. The minimum absolute atomic E-state index is 0.183. The summed E-state index contributed by atoms with van der Waals surface area (Å²) in [5, 5.41) is 3.32. The number of pyridine rings is 1. The van der Waals surface area contributed by atoms with Crippen LogP contribution in [0.25, 0.3) is 0 Å². The van der Waals surface area contributed by atoms with Gasteiger partial charge in [0.1, 0.15) is 11.9 Å². The Bertz CT molecular complexity index is 445. The first-order valence-corrected chi connectivity index (χ1v) is 7.75. The van der Waals surface area contributed by atoms with Crippen molar-refractivity contribution in [1.82, 2.24) is 15.2 Å². The van der Waals surface area contributed by atoms with Crippen LogP contribution in [0.15, 0.2) is 12.3 Å². The largest absolute Gasteiger partial charge is 0.474 e. The number of hydrogen-bond donors (Lipinski definition) is 1. The van der Waals surface area contributed by atoms with Crippen molar-refractivity contribution >= 4 is 0 Å². The molecule has 0 spiro atoms. The fraction of sp³-hybridized carbons (Fsp3) is 0.688. The zero-order valence-electron chi connectivity index (χ0n) is 13.2. The lowest BCUT2D eigenvalue weighted by Crippen LogP contribution is -2.36. The summed E-state index contributed by atoms with van der Waals surface area (Å²) in [7, 11) is 2.12. The number of halogens is 1. The summed E-state index contributed by atoms with van der Waals surface area (Å²) in [6.07, 6.45) is 3.40. The van der Waals surface area contributed by atoms with E-state index in [1.807, 2.05) is 0 Å². The van der Waals surface area contributed by atoms with Crippen LogP contribution >= 0.6 is 0 Å². The molecular weight excluding hydrogens is 269 g/mol. The molecule has 0 unspecified atom stereocenters. The number of ether oxygens (including phenoxy) is 1. The molecule has 0 aromatic carbocycles. The van der Waals surface area contributed by atoms with E-state index in [1.54, 1.807) is 0 Å². The van der Waals surface area contributed by atoms with Gasteiger partial charge in [-0.25, -0.2) is 9.37 Å². The second-order valence-electron chi connectivity index (χ2n) is 6.26. The third kappa shape index (κ3) is 5.25. The average molecular weight is 295 g/mol. The van der Waals surface area contributed by atoms with Crippen LogP contribution in [-0.2, 0) is 6.54 Å². The quantitative estimate of drug-likeness (QED) is 0.875. The molecule has 21 heavy (non-hydrogen) atoms. The van der Waals surface area contributed by atoms with Crippen molar-refractivity contribution in [3.05, 3.63) is 23.6 Å². The highest BCUT2D eigenvalue weighted by Crippen LogP contribution is 2.21. The van der Waals surface area contributed by atoms with E-state index in [4.69, 9.17) is 4.74 Å². The Morgan fingerprint density at radius 1 is 1.43 bits per heavy atom. The number of nitrogens with zero attached hydrogens (tertiary/aromatic N) is 2. The summed E-state index contributed by atoms with van der Waals surface area (Å²) in [5.41, 5.74) is 0.801. The monoisotopic (exact) mass is 295 g/mol. The van der Waals surface area contributed by atoms with Crippen LogP contribution in [0.3, 0.4) is 0 Å². The van der Waals surface area contributed by atoms with Crippen molar-refractivity contribution < 1.29 is 9.13 Å². The number of nitrogens with one attached hydrogen (secondary N) is 1. The van der Waals surface area contributed by atoms with E-state index in [9.17, 15) is 4.39 Å². The number of piperidine rings is 1. The summed E-state index contributed by atoms with van der Waals surface area (Å²) in [4.78, 5) is 6.43. The first-order chi connectivity index (χ1) is 10.0. The van der Waals surface area contributed by atoms with Crippen molar-refractivity contribution in [3.63, 3.8) is 0 Å². The van der Waals surface area contributed by atoms with E-state index in [2.05, 4.69) is 36.1 Å². The standard InChI is InChI=1S/C16H26FN3O/c1-12(2)9-18-10-13-8-14(17)11-19-16(13)21-15-4-6-20(3)7-5-15/h8,11-12,15,18H,4-7,9-10H2,1-3H3. The molecule has 0 amide bonds. The third-order valence-corrected chi connectivity index (χ3v) is 3.70. The zero-order chi connectivity index (χ0) is 15.2. The van der Waals surface area contributed by atoms with Gasteiger partial charge in [-0.05, 0) is 38.4 Å². The highest BCUT2D eigenvalue weighted by molar-refractivity contribution is 5.26. The van der Waals surface area contributed by atoms with Crippen molar-refractivity contribution in [3.8, 4) is 5.88 Å². The van der Waals surface area contributed by atoms with Gasteiger partial charge in [0.25, 0.3) is 0 Å². The molecular formula is C16H26FN3O. The minimum atomic E-state index is -0.313. The highest BCUT2D eigenvalue weighted by atomic mass is 19.1. The normalized spacial score (nSPS) is 17.4. The Morgan fingerprint density at radius 3 is 2.81 bits per heavy atom. The molecule has 5 heteroatoms. The van der Waals surface area contributed by atoms with E-state index in [1.165, 1.54) is 12.3 Å². The second-order valence-corrected chi connectivity index (χ2v) is 6.26.